The van der Waals surface area contributed by atoms with Crippen LogP contribution in [0.3, 0.4) is 0 Å². The van der Waals surface area contributed by atoms with E-state index >= 15 is 0 Å². The summed E-state index contributed by atoms with van der Waals surface area (Å²) < 4.78 is 0. The van der Waals surface area contributed by atoms with Crippen LogP contribution in [0.4, 0.5) is 0 Å². The largest absolute Gasteiger partial charge is 0.298 e. The fraction of sp³-hybridized carbons (Fsp3) is 1.00. The normalized spacial score (nSPS) is 42.0. The zero-order chi connectivity index (χ0) is 8.55. The molecule has 2 heterocycles. The van der Waals surface area contributed by atoms with Gasteiger partial charge in [-0.3, -0.25) is 10.0 Å². The van der Waals surface area contributed by atoms with E-state index in [0.29, 0.717) is 0 Å². The van der Waals surface area contributed by atoms with Crippen molar-refractivity contribution in [3.05, 3.63) is 0 Å². The Kier molecular flexibility index (Phi) is 2.63. The molecule has 2 nitrogen and oxygen atoms in total. The lowest BCUT2D eigenvalue weighted by atomic mass is 10.0. The smallest absolute Gasteiger partial charge is 0.0220 e. The Morgan fingerprint density at radius 3 is 2.33 bits per heavy atom. The number of nitrogens with zero attached hydrogens (tertiary/aromatic N) is 1. The van der Waals surface area contributed by atoms with Gasteiger partial charge in [0.25, 0.3) is 0 Å². The van der Waals surface area contributed by atoms with Crippen LogP contribution >= 0.6 is 11.9 Å². The minimum atomic E-state index is 0.741. The molecule has 0 aromatic heterocycles. The number of hydrogen-bond acceptors (Lipinski definition) is 3. The molecular weight excluding hydrogens is 168 g/mol. The lowest BCUT2D eigenvalue weighted by Gasteiger charge is -2.37. The zero-order valence-corrected chi connectivity index (χ0v) is 8.52. The Morgan fingerprint density at radius 2 is 1.92 bits per heavy atom. The van der Waals surface area contributed by atoms with Crippen molar-refractivity contribution in [3.63, 3.8) is 0 Å². The Morgan fingerprint density at radius 1 is 1.33 bits per heavy atom. The lowest BCUT2D eigenvalue weighted by molar-refractivity contribution is 0.152. The average molecular weight is 186 g/mol. The molecule has 2 rings (SSSR count). The molecule has 12 heavy (non-hydrogen) atoms. The summed E-state index contributed by atoms with van der Waals surface area (Å²) in [5.74, 6) is 0. The van der Waals surface area contributed by atoms with Crippen LogP contribution in [0.2, 0.25) is 0 Å². The van der Waals surface area contributed by atoms with E-state index in [1.54, 1.807) is 11.9 Å². The molecule has 2 aliphatic rings. The number of nitrogens with two attached hydrogens (primary N) is 1. The van der Waals surface area contributed by atoms with Crippen molar-refractivity contribution < 1.29 is 0 Å². The standard InChI is InChI=1S/C9H18N2S/c1-2-11-7-3-4-8(11)6-9(5-7)12-10/h7-9H,2-6,10H2,1H3/t7-,8?,9?/m0/s1. The summed E-state index contributed by atoms with van der Waals surface area (Å²) in [6.45, 7) is 3.51. The van der Waals surface area contributed by atoms with Gasteiger partial charge in [-0.05, 0) is 32.2 Å². The van der Waals surface area contributed by atoms with Crippen LogP contribution in [-0.4, -0.2) is 28.8 Å². The fourth-order valence-electron chi connectivity index (χ4n) is 2.85. The van der Waals surface area contributed by atoms with E-state index < -0.39 is 0 Å². The first-order valence-corrected chi connectivity index (χ1v) is 5.90. The third-order valence-electron chi connectivity index (χ3n) is 3.40. The van der Waals surface area contributed by atoms with E-state index in [-0.39, 0.29) is 0 Å². The highest BCUT2D eigenvalue weighted by atomic mass is 32.2. The van der Waals surface area contributed by atoms with Crippen LogP contribution in [0.5, 0.6) is 0 Å². The first kappa shape index (κ1) is 8.85. The van der Waals surface area contributed by atoms with Gasteiger partial charge in [0.2, 0.25) is 0 Å². The van der Waals surface area contributed by atoms with Gasteiger partial charge >= 0.3 is 0 Å². The predicted molar refractivity (Wildman–Crippen MR) is 54.0 cm³/mol. The van der Waals surface area contributed by atoms with Gasteiger partial charge in [-0.1, -0.05) is 18.9 Å². The number of rotatable bonds is 2. The molecule has 70 valence electrons. The maximum absolute atomic E-state index is 5.64. The maximum atomic E-state index is 5.64. The minimum absolute atomic E-state index is 0.741. The SMILES string of the molecule is CCN1C2CC[C@H]1CC(SN)C2. The molecule has 2 unspecified atom stereocenters. The number of piperidine rings is 1. The molecule has 0 saturated carbocycles. The highest BCUT2D eigenvalue weighted by molar-refractivity contribution is 7.97. The monoisotopic (exact) mass is 186 g/mol. The molecule has 0 aliphatic carbocycles. The summed E-state index contributed by atoms with van der Waals surface area (Å²) >= 11 is 1.58. The number of hydrogen-bond donors (Lipinski definition) is 1. The zero-order valence-electron chi connectivity index (χ0n) is 7.70. The Hall–Kier alpha value is 0.270. The quantitative estimate of drug-likeness (QED) is 0.664. The molecule has 0 amide bonds. The third kappa shape index (κ3) is 1.38. The van der Waals surface area contributed by atoms with Crippen LogP contribution in [0.1, 0.15) is 32.6 Å². The van der Waals surface area contributed by atoms with Crippen molar-refractivity contribution in [1.29, 1.82) is 0 Å². The molecule has 2 bridgehead atoms. The van der Waals surface area contributed by atoms with Gasteiger partial charge in [0.1, 0.15) is 0 Å². The maximum Gasteiger partial charge on any atom is 0.0220 e. The molecule has 0 aromatic carbocycles. The molecule has 2 N–H and O–H groups in total. The second-order valence-corrected chi connectivity index (χ2v) is 4.88. The summed E-state index contributed by atoms with van der Waals surface area (Å²) in [5, 5.41) is 6.38. The van der Waals surface area contributed by atoms with Gasteiger partial charge < -0.3 is 0 Å². The second-order valence-electron chi connectivity index (χ2n) is 3.94. The van der Waals surface area contributed by atoms with E-state index in [1.807, 2.05) is 0 Å². The van der Waals surface area contributed by atoms with Crippen LogP contribution in [0.25, 0.3) is 0 Å². The molecule has 0 spiro atoms. The van der Waals surface area contributed by atoms with E-state index in [4.69, 9.17) is 5.14 Å². The van der Waals surface area contributed by atoms with Gasteiger partial charge in [-0.2, -0.15) is 0 Å². The Labute approximate surface area is 79.0 Å². The van der Waals surface area contributed by atoms with Gasteiger partial charge in [0.15, 0.2) is 0 Å². The molecular formula is C9H18N2S. The third-order valence-corrected chi connectivity index (χ3v) is 4.17. The summed E-state index contributed by atoms with van der Waals surface area (Å²) in [6.07, 6.45) is 5.47. The second kappa shape index (κ2) is 3.56. The van der Waals surface area contributed by atoms with Gasteiger partial charge in [0.05, 0.1) is 0 Å². The van der Waals surface area contributed by atoms with Crippen molar-refractivity contribution in [2.24, 2.45) is 5.14 Å². The van der Waals surface area contributed by atoms with E-state index in [0.717, 1.165) is 17.3 Å². The lowest BCUT2D eigenvalue weighted by Crippen LogP contribution is -2.43. The van der Waals surface area contributed by atoms with Crippen LogP contribution < -0.4 is 5.14 Å². The van der Waals surface area contributed by atoms with E-state index in [1.165, 1.54) is 32.2 Å². The highest BCUT2D eigenvalue weighted by Crippen LogP contribution is 2.38. The summed E-state index contributed by atoms with van der Waals surface area (Å²) in [6, 6.07) is 1.71. The van der Waals surface area contributed by atoms with Crippen LogP contribution in [-0.2, 0) is 0 Å². The van der Waals surface area contributed by atoms with Gasteiger partial charge in [0, 0.05) is 17.3 Å². The molecule has 3 heteroatoms. The average Bonchev–Trinajstić information content (AvgIpc) is 2.35. The van der Waals surface area contributed by atoms with Crippen molar-refractivity contribution in [2.75, 3.05) is 6.54 Å². The number of fused-ring (bicyclic) bond motifs is 2. The Bertz CT molecular complexity index is 149. The summed E-state index contributed by atoms with van der Waals surface area (Å²) in [5.41, 5.74) is 0. The molecule has 3 atom stereocenters. The van der Waals surface area contributed by atoms with Gasteiger partial charge in [-0.25, -0.2) is 0 Å². The Balaban J connectivity index is 2.01. The molecule has 0 aromatic rings. The summed E-state index contributed by atoms with van der Waals surface area (Å²) in [7, 11) is 0. The first-order valence-electron chi connectivity index (χ1n) is 4.96. The van der Waals surface area contributed by atoms with Crippen molar-refractivity contribution >= 4 is 11.9 Å². The van der Waals surface area contributed by atoms with Crippen molar-refractivity contribution in [1.82, 2.24) is 4.90 Å². The van der Waals surface area contributed by atoms with Crippen LogP contribution in [0, 0.1) is 0 Å². The highest BCUT2D eigenvalue weighted by Gasteiger charge is 2.39. The van der Waals surface area contributed by atoms with Crippen LogP contribution in [0.15, 0.2) is 0 Å². The van der Waals surface area contributed by atoms with E-state index in [2.05, 4.69) is 11.8 Å². The molecule has 2 saturated heterocycles. The molecule has 2 fully saturated rings. The molecule has 0 radical (unpaired) electrons. The van der Waals surface area contributed by atoms with Crippen molar-refractivity contribution in [2.45, 2.75) is 49.9 Å². The van der Waals surface area contributed by atoms with Crippen molar-refractivity contribution in [3.8, 4) is 0 Å². The van der Waals surface area contributed by atoms with E-state index in [9.17, 15) is 0 Å². The minimum Gasteiger partial charge on any atom is -0.298 e. The van der Waals surface area contributed by atoms with Gasteiger partial charge in [-0.15, -0.1) is 0 Å². The summed E-state index contributed by atoms with van der Waals surface area (Å²) in [4.78, 5) is 2.67. The topological polar surface area (TPSA) is 29.3 Å². The predicted octanol–water partition coefficient (Wildman–Crippen LogP) is 1.61. The molecule has 2 aliphatic heterocycles. The first-order chi connectivity index (χ1) is 5.85. The fourth-order valence-corrected chi connectivity index (χ4v) is 3.52.